The molecule has 2 unspecified atom stereocenters. The number of aryl methyl sites for hydroxylation is 1. The number of aliphatic carboxylic acids is 1. The molecule has 0 spiro atoms. The Morgan fingerprint density at radius 3 is 2.63 bits per heavy atom. The molecule has 2 atom stereocenters. The Balaban J connectivity index is 1.66. The second-order valence-electron chi connectivity index (χ2n) is 5.94. The van der Waals surface area contributed by atoms with Gasteiger partial charge in [0.05, 0.1) is 5.69 Å². The summed E-state index contributed by atoms with van der Waals surface area (Å²) in [6, 6.07) is 3.21. The van der Waals surface area contributed by atoms with Crippen molar-refractivity contribution in [2.24, 2.45) is 13.0 Å². The Morgan fingerprint density at radius 2 is 2.11 bits per heavy atom. The van der Waals surface area contributed by atoms with Gasteiger partial charge in [0, 0.05) is 38.3 Å². The highest BCUT2D eigenvalue weighted by molar-refractivity contribution is 5.67. The van der Waals surface area contributed by atoms with Gasteiger partial charge in [-0.1, -0.05) is 0 Å². The smallest absolute Gasteiger partial charge is 0.303 e. The minimum Gasteiger partial charge on any atom is -0.481 e. The van der Waals surface area contributed by atoms with Crippen LogP contribution in [0, 0.1) is 5.92 Å². The molecular weight excluding hydrogens is 242 g/mol. The van der Waals surface area contributed by atoms with Crippen LogP contribution >= 0.6 is 0 Å². The van der Waals surface area contributed by atoms with Crippen LogP contribution < -0.4 is 0 Å². The predicted octanol–water partition coefficient (Wildman–Crippen LogP) is 1.64. The molecule has 0 radical (unpaired) electrons. The number of nitrogens with zero attached hydrogens (tertiary/aromatic N) is 3. The van der Waals surface area contributed by atoms with E-state index in [9.17, 15) is 4.79 Å². The van der Waals surface area contributed by atoms with Crippen LogP contribution in [0.25, 0.3) is 0 Å². The Bertz CT molecular complexity index is 457. The number of carbonyl (C=O) groups is 1. The SMILES string of the molecule is Cn1nccc1CN1C2CCC1CC(CC(=O)O)C2. The van der Waals surface area contributed by atoms with Gasteiger partial charge in [0.15, 0.2) is 0 Å². The van der Waals surface area contributed by atoms with Gasteiger partial charge in [-0.2, -0.15) is 5.10 Å². The van der Waals surface area contributed by atoms with Crippen LogP contribution in [0.3, 0.4) is 0 Å². The third-order valence-electron chi connectivity index (χ3n) is 4.71. The highest BCUT2D eigenvalue weighted by Gasteiger charge is 2.41. The number of fused-ring (bicyclic) bond motifs is 2. The first-order valence-electron chi connectivity index (χ1n) is 7.08. The van der Waals surface area contributed by atoms with Gasteiger partial charge in [-0.05, 0) is 37.7 Å². The van der Waals surface area contributed by atoms with Gasteiger partial charge in [-0.3, -0.25) is 14.4 Å². The van der Waals surface area contributed by atoms with Crippen molar-refractivity contribution < 1.29 is 9.90 Å². The quantitative estimate of drug-likeness (QED) is 0.897. The molecule has 2 fully saturated rings. The molecule has 0 amide bonds. The maximum absolute atomic E-state index is 10.9. The van der Waals surface area contributed by atoms with E-state index in [-0.39, 0.29) is 0 Å². The first-order chi connectivity index (χ1) is 9.13. The van der Waals surface area contributed by atoms with Crippen molar-refractivity contribution in [2.75, 3.05) is 0 Å². The Kier molecular flexibility index (Phi) is 3.31. The Morgan fingerprint density at radius 1 is 1.42 bits per heavy atom. The molecule has 5 nitrogen and oxygen atoms in total. The minimum absolute atomic E-state index is 0.340. The first-order valence-corrected chi connectivity index (χ1v) is 7.08. The molecule has 1 aromatic rings. The molecule has 19 heavy (non-hydrogen) atoms. The highest BCUT2D eigenvalue weighted by atomic mass is 16.4. The monoisotopic (exact) mass is 263 g/mol. The second kappa shape index (κ2) is 4.96. The lowest BCUT2D eigenvalue weighted by Gasteiger charge is -2.38. The first kappa shape index (κ1) is 12.7. The van der Waals surface area contributed by atoms with Crippen LogP contribution in [0.5, 0.6) is 0 Å². The third kappa shape index (κ3) is 2.52. The van der Waals surface area contributed by atoms with Gasteiger partial charge in [0.2, 0.25) is 0 Å². The van der Waals surface area contributed by atoms with Crippen molar-refractivity contribution in [3.8, 4) is 0 Å². The fraction of sp³-hybridized carbons (Fsp3) is 0.714. The van der Waals surface area contributed by atoms with E-state index in [1.807, 2.05) is 17.9 Å². The molecular formula is C14H21N3O2. The van der Waals surface area contributed by atoms with Crippen molar-refractivity contribution in [3.05, 3.63) is 18.0 Å². The number of hydrogen-bond donors (Lipinski definition) is 1. The summed E-state index contributed by atoms with van der Waals surface area (Å²) >= 11 is 0. The van der Waals surface area contributed by atoms with Crippen LogP contribution in [-0.4, -0.2) is 37.8 Å². The number of hydrogen-bond acceptors (Lipinski definition) is 3. The third-order valence-corrected chi connectivity index (χ3v) is 4.71. The largest absolute Gasteiger partial charge is 0.481 e. The van der Waals surface area contributed by atoms with Crippen LogP contribution in [0.15, 0.2) is 12.3 Å². The Labute approximate surface area is 113 Å². The average Bonchev–Trinajstić information content (AvgIpc) is 2.83. The van der Waals surface area contributed by atoms with Crippen LogP contribution in [0.2, 0.25) is 0 Å². The predicted molar refractivity (Wildman–Crippen MR) is 70.5 cm³/mol. The van der Waals surface area contributed by atoms with Crippen LogP contribution in [0.1, 0.15) is 37.8 Å². The summed E-state index contributed by atoms with van der Waals surface area (Å²) in [4.78, 5) is 13.4. The number of carboxylic acids is 1. The summed E-state index contributed by atoms with van der Waals surface area (Å²) in [6.07, 6.45) is 6.71. The van der Waals surface area contributed by atoms with E-state index < -0.39 is 5.97 Å². The van der Waals surface area contributed by atoms with Gasteiger partial charge in [0.1, 0.15) is 0 Å². The van der Waals surface area contributed by atoms with E-state index in [0.717, 1.165) is 19.4 Å². The van der Waals surface area contributed by atoms with Crippen molar-refractivity contribution >= 4 is 5.97 Å². The molecule has 2 aliphatic heterocycles. The van der Waals surface area contributed by atoms with E-state index in [2.05, 4.69) is 16.1 Å². The second-order valence-corrected chi connectivity index (χ2v) is 5.94. The van der Waals surface area contributed by atoms with Crippen LogP contribution in [0.4, 0.5) is 0 Å². The van der Waals surface area contributed by atoms with E-state index in [4.69, 9.17) is 5.11 Å². The highest BCUT2D eigenvalue weighted by Crippen LogP contribution is 2.40. The molecule has 0 saturated carbocycles. The molecule has 0 aliphatic carbocycles. The molecule has 2 saturated heterocycles. The van der Waals surface area contributed by atoms with E-state index >= 15 is 0 Å². The zero-order chi connectivity index (χ0) is 13.4. The fourth-order valence-electron chi connectivity index (χ4n) is 3.80. The summed E-state index contributed by atoms with van der Waals surface area (Å²) in [6.45, 7) is 0.950. The molecule has 2 bridgehead atoms. The summed E-state index contributed by atoms with van der Waals surface area (Å²) in [5.74, 6) is -0.276. The van der Waals surface area contributed by atoms with Gasteiger partial charge < -0.3 is 5.11 Å². The van der Waals surface area contributed by atoms with Gasteiger partial charge in [-0.15, -0.1) is 0 Å². The zero-order valence-electron chi connectivity index (χ0n) is 11.3. The van der Waals surface area contributed by atoms with Gasteiger partial charge in [-0.25, -0.2) is 0 Å². The number of piperidine rings is 1. The maximum atomic E-state index is 10.9. The molecule has 1 aromatic heterocycles. The summed E-state index contributed by atoms with van der Waals surface area (Å²) in [5, 5.41) is 13.2. The summed E-state index contributed by atoms with van der Waals surface area (Å²) < 4.78 is 1.93. The van der Waals surface area contributed by atoms with Crippen LogP contribution in [-0.2, 0) is 18.4 Å². The van der Waals surface area contributed by atoms with Crippen molar-refractivity contribution in [1.82, 2.24) is 14.7 Å². The number of carboxylic acid groups (broad SMARTS) is 1. The normalized spacial score (nSPS) is 30.7. The lowest BCUT2D eigenvalue weighted by atomic mass is 9.88. The van der Waals surface area contributed by atoms with Crippen molar-refractivity contribution in [3.63, 3.8) is 0 Å². The van der Waals surface area contributed by atoms with E-state index in [1.165, 1.54) is 18.5 Å². The summed E-state index contributed by atoms with van der Waals surface area (Å²) in [5.41, 5.74) is 1.24. The number of aromatic nitrogens is 2. The lowest BCUT2D eigenvalue weighted by Crippen LogP contribution is -2.43. The van der Waals surface area contributed by atoms with Crippen molar-refractivity contribution in [2.45, 2.75) is 50.7 Å². The van der Waals surface area contributed by atoms with Gasteiger partial charge in [0.25, 0.3) is 0 Å². The molecule has 3 rings (SSSR count). The van der Waals surface area contributed by atoms with Crippen molar-refractivity contribution in [1.29, 1.82) is 0 Å². The standard InChI is InChI=1S/C14H21N3O2/c1-16-13(4-5-15-16)9-17-11-2-3-12(17)7-10(6-11)8-14(18)19/h4-5,10-12H,2-3,6-9H2,1H3,(H,18,19). The molecule has 3 heterocycles. The topological polar surface area (TPSA) is 58.4 Å². The van der Waals surface area contributed by atoms with E-state index in [1.54, 1.807) is 0 Å². The van der Waals surface area contributed by atoms with Gasteiger partial charge >= 0.3 is 5.97 Å². The lowest BCUT2D eigenvalue weighted by molar-refractivity contribution is -0.138. The zero-order valence-corrected chi connectivity index (χ0v) is 11.3. The fourth-order valence-corrected chi connectivity index (χ4v) is 3.80. The molecule has 2 aliphatic rings. The Hall–Kier alpha value is -1.36. The molecule has 1 N–H and O–H groups in total. The maximum Gasteiger partial charge on any atom is 0.303 e. The summed E-state index contributed by atoms with van der Waals surface area (Å²) in [7, 11) is 1.98. The molecule has 5 heteroatoms. The average molecular weight is 263 g/mol. The van der Waals surface area contributed by atoms with E-state index in [0.29, 0.717) is 24.4 Å². The minimum atomic E-state index is -0.649. The molecule has 104 valence electrons. The number of rotatable bonds is 4. The molecule has 0 aromatic carbocycles.